The van der Waals surface area contributed by atoms with Gasteiger partial charge < -0.3 is 0 Å². The molecule has 0 saturated carbocycles. The molecule has 1 aromatic carbocycles. The van der Waals surface area contributed by atoms with Gasteiger partial charge in [0.25, 0.3) is 0 Å². The van der Waals surface area contributed by atoms with Crippen LogP contribution in [0.15, 0.2) is 24.3 Å². The van der Waals surface area contributed by atoms with E-state index in [0.29, 0.717) is 0 Å². The summed E-state index contributed by atoms with van der Waals surface area (Å²) in [5, 5.41) is 4.58. The second-order valence-electron chi connectivity index (χ2n) is 9.35. The van der Waals surface area contributed by atoms with Crippen LogP contribution in [0.4, 0.5) is 0 Å². The Kier molecular flexibility index (Phi) is 6.71. The lowest BCUT2D eigenvalue weighted by Gasteiger charge is -2.32. The van der Waals surface area contributed by atoms with Crippen molar-refractivity contribution in [2.45, 2.75) is 65.5 Å². The van der Waals surface area contributed by atoms with E-state index in [1.165, 1.54) is 92.8 Å². The van der Waals surface area contributed by atoms with Gasteiger partial charge in [-0.05, 0) is 89.2 Å². The smallest absolute Gasteiger partial charge is 0.0641 e. The average Bonchev–Trinajstić information content (AvgIpc) is 2.98. The number of benzene rings is 1. The molecule has 29 heavy (non-hydrogen) atoms. The molecular weight excluding hydrogens is 356 g/mol. The number of piperidine rings is 2. The fourth-order valence-corrected chi connectivity index (χ4v) is 5.11. The Balaban J connectivity index is 1.24. The van der Waals surface area contributed by atoms with Crippen LogP contribution in [-0.4, -0.2) is 45.8 Å². The Morgan fingerprint density at radius 1 is 0.828 bits per heavy atom. The topological polar surface area (TPSA) is 24.3 Å². The summed E-state index contributed by atoms with van der Waals surface area (Å²) in [4.78, 5) is 5.23. The van der Waals surface area contributed by atoms with E-state index < -0.39 is 0 Å². The first-order chi connectivity index (χ1) is 14.1. The maximum Gasteiger partial charge on any atom is 0.0641 e. The number of nitrogens with zero attached hydrogens (tertiary/aromatic N) is 4. The van der Waals surface area contributed by atoms with Crippen LogP contribution in [0.25, 0.3) is 0 Å². The second-order valence-corrected chi connectivity index (χ2v) is 9.35. The number of aromatic nitrogens is 2. The van der Waals surface area contributed by atoms with Crippen molar-refractivity contribution in [3.63, 3.8) is 0 Å². The minimum Gasteiger partial charge on any atom is -0.299 e. The van der Waals surface area contributed by atoms with Gasteiger partial charge in [-0.3, -0.25) is 14.5 Å². The maximum absolute atomic E-state index is 4.58. The molecule has 0 N–H and O–H groups in total. The normalized spacial score (nSPS) is 19.7. The van der Waals surface area contributed by atoms with Crippen LogP contribution < -0.4 is 0 Å². The monoisotopic (exact) mass is 394 g/mol. The van der Waals surface area contributed by atoms with Gasteiger partial charge >= 0.3 is 0 Å². The lowest BCUT2D eigenvalue weighted by Crippen LogP contribution is -2.34. The first-order valence-electron chi connectivity index (χ1n) is 11.6. The Hall–Kier alpha value is -1.65. The molecule has 2 aliphatic heterocycles. The lowest BCUT2D eigenvalue weighted by atomic mass is 9.89. The van der Waals surface area contributed by atoms with Crippen LogP contribution in [0, 0.1) is 19.8 Å². The van der Waals surface area contributed by atoms with Gasteiger partial charge in [0.2, 0.25) is 0 Å². The zero-order chi connectivity index (χ0) is 20.2. The second kappa shape index (κ2) is 9.44. The van der Waals surface area contributed by atoms with Crippen molar-refractivity contribution in [2.75, 3.05) is 26.2 Å². The molecule has 2 saturated heterocycles. The van der Waals surface area contributed by atoms with Crippen molar-refractivity contribution in [1.29, 1.82) is 0 Å². The first kappa shape index (κ1) is 20.6. The van der Waals surface area contributed by atoms with Crippen LogP contribution in [0.1, 0.15) is 60.2 Å². The molecule has 2 fully saturated rings. The molecule has 4 nitrogen and oxygen atoms in total. The number of hydrogen-bond acceptors (Lipinski definition) is 3. The van der Waals surface area contributed by atoms with Crippen LogP contribution in [0.3, 0.4) is 0 Å². The summed E-state index contributed by atoms with van der Waals surface area (Å²) in [5.41, 5.74) is 6.93. The molecule has 3 heterocycles. The minimum atomic E-state index is 0.829. The van der Waals surface area contributed by atoms with Gasteiger partial charge in [-0.2, -0.15) is 5.10 Å². The van der Waals surface area contributed by atoms with Crippen molar-refractivity contribution < 1.29 is 0 Å². The molecule has 4 heteroatoms. The molecule has 0 amide bonds. The van der Waals surface area contributed by atoms with Crippen molar-refractivity contribution in [3.8, 4) is 0 Å². The molecule has 2 aliphatic rings. The number of hydrogen-bond donors (Lipinski definition) is 0. The number of aryl methyl sites for hydroxylation is 2. The molecule has 0 atom stereocenters. The molecule has 4 rings (SSSR count). The summed E-state index contributed by atoms with van der Waals surface area (Å²) in [6.07, 6.45) is 8.02. The van der Waals surface area contributed by atoms with Crippen LogP contribution in [0.2, 0.25) is 0 Å². The van der Waals surface area contributed by atoms with Crippen molar-refractivity contribution in [1.82, 2.24) is 19.6 Å². The molecule has 0 spiro atoms. The average molecular weight is 395 g/mol. The zero-order valence-corrected chi connectivity index (χ0v) is 18.7. The SMILES string of the molecule is Cc1nn(C)c(C)c1CN1CCC(Cc2ccc(CN3CCCCC3)cc2)CC1. The van der Waals surface area contributed by atoms with E-state index in [1.807, 2.05) is 4.68 Å². The summed E-state index contributed by atoms with van der Waals surface area (Å²) in [6, 6.07) is 9.50. The fourth-order valence-electron chi connectivity index (χ4n) is 5.11. The van der Waals surface area contributed by atoms with E-state index in [1.54, 1.807) is 0 Å². The molecule has 0 aliphatic carbocycles. The van der Waals surface area contributed by atoms with Crippen molar-refractivity contribution in [2.24, 2.45) is 13.0 Å². The van der Waals surface area contributed by atoms with Crippen LogP contribution >= 0.6 is 0 Å². The Morgan fingerprint density at radius 3 is 2.07 bits per heavy atom. The summed E-state index contributed by atoms with van der Waals surface area (Å²) in [6.45, 7) is 11.5. The van der Waals surface area contributed by atoms with Gasteiger partial charge in [0.05, 0.1) is 5.69 Å². The predicted molar refractivity (Wildman–Crippen MR) is 120 cm³/mol. The third-order valence-electron chi connectivity index (χ3n) is 7.15. The Bertz CT molecular complexity index is 778. The first-order valence-corrected chi connectivity index (χ1v) is 11.6. The summed E-state index contributed by atoms with van der Waals surface area (Å²) < 4.78 is 2.02. The van der Waals surface area contributed by atoms with Crippen molar-refractivity contribution >= 4 is 0 Å². The Labute approximate surface area is 176 Å². The number of rotatable bonds is 6. The van der Waals surface area contributed by atoms with Gasteiger partial charge in [-0.15, -0.1) is 0 Å². The fraction of sp³-hybridized carbons (Fsp3) is 0.640. The third kappa shape index (κ3) is 5.29. The zero-order valence-electron chi connectivity index (χ0n) is 18.7. The van der Waals surface area contributed by atoms with Crippen LogP contribution in [0.5, 0.6) is 0 Å². The molecule has 1 aromatic heterocycles. The van der Waals surface area contributed by atoms with Gasteiger partial charge in [0.15, 0.2) is 0 Å². The third-order valence-corrected chi connectivity index (χ3v) is 7.15. The van der Waals surface area contributed by atoms with E-state index in [4.69, 9.17) is 0 Å². The van der Waals surface area contributed by atoms with E-state index in [-0.39, 0.29) is 0 Å². The molecule has 2 aromatic rings. The maximum atomic E-state index is 4.58. The van der Waals surface area contributed by atoms with Gasteiger partial charge in [0.1, 0.15) is 0 Å². The van der Waals surface area contributed by atoms with E-state index >= 15 is 0 Å². The van der Waals surface area contributed by atoms with Gasteiger partial charge in [-0.1, -0.05) is 30.7 Å². The van der Waals surface area contributed by atoms with Gasteiger partial charge in [-0.25, -0.2) is 0 Å². The van der Waals surface area contributed by atoms with Crippen LogP contribution in [-0.2, 0) is 26.6 Å². The lowest BCUT2D eigenvalue weighted by molar-refractivity contribution is 0.176. The molecule has 0 unspecified atom stereocenters. The predicted octanol–water partition coefficient (Wildman–Crippen LogP) is 4.48. The summed E-state index contributed by atoms with van der Waals surface area (Å²) in [5.74, 6) is 0.829. The Morgan fingerprint density at radius 2 is 1.45 bits per heavy atom. The molecule has 0 radical (unpaired) electrons. The molecule has 0 bridgehead atoms. The standard InChI is InChI=1S/C25H38N4/c1-20-25(21(2)27(3)26-20)19-29-15-11-23(12-16-29)17-22-7-9-24(10-8-22)18-28-13-5-4-6-14-28/h7-10,23H,4-6,11-19H2,1-3H3. The van der Waals surface area contributed by atoms with Gasteiger partial charge in [0, 0.05) is 31.4 Å². The minimum absolute atomic E-state index is 0.829. The summed E-state index contributed by atoms with van der Waals surface area (Å²) in [7, 11) is 2.05. The van der Waals surface area contributed by atoms with E-state index in [2.05, 4.69) is 60.1 Å². The summed E-state index contributed by atoms with van der Waals surface area (Å²) >= 11 is 0. The van der Waals surface area contributed by atoms with E-state index in [9.17, 15) is 0 Å². The molecular formula is C25H38N4. The van der Waals surface area contributed by atoms with E-state index in [0.717, 1.165) is 19.0 Å². The largest absolute Gasteiger partial charge is 0.299 e. The number of likely N-dealkylation sites (tertiary alicyclic amines) is 2. The highest BCUT2D eigenvalue weighted by Gasteiger charge is 2.21. The molecule has 158 valence electrons. The quantitative estimate of drug-likeness (QED) is 0.722. The van der Waals surface area contributed by atoms with Crippen molar-refractivity contribution in [3.05, 3.63) is 52.3 Å². The highest BCUT2D eigenvalue weighted by Crippen LogP contribution is 2.25. The highest BCUT2D eigenvalue weighted by atomic mass is 15.3. The highest BCUT2D eigenvalue weighted by molar-refractivity contribution is 5.25.